The van der Waals surface area contributed by atoms with Gasteiger partial charge in [0.2, 0.25) is 11.8 Å². The summed E-state index contributed by atoms with van der Waals surface area (Å²) in [5.41, 5.74) is 0.711. The van der Waals surface area contributed by atoms with E-state index in [1.54, 1.807) is 12.1 Å². The highest BCUT2D eigenvalue weighted by Crippen LogP contribution is 2.34. The molecule has 8 heteroatoms. The highest BCUT2D eigenvalue weighted by atomic mass is 19.1. The van der Waals surface area contributed by atoms with Crippen molar-refractivity contribution in [3.63, 3.8) is 0 Å². The first-order valence-electron chi connectivity index (χ1n) is 9.12. The van der Waals surface area contributed by atoms with Crippen LogP contribution in [0.1, 0.15) is 24.8 Å². The van der Waals surface area contributed by atoms with E-state index in [2.05, 4.69) is 5.32 Å². The van der Waals surface area contributed by atoms with Crippen LogP contribution < -0.4 is 5.32 Å². The Bertz CT molecular complexity index is 779. The molecule has 2 atom stereocenters. The first-order valence-corrected chi connectivity index (χ1v) is 9.12. The molecule has 0 aromatic heterocycles. The smallest absolute Gasteiger partial charge is 0.308 e. The molecule has 0 saturated carbocycles. The molecule has 0 unspecified atom stereocenters. The van der Waals surface area contributed by atoms with E-state index >= 15 is 0 Å². The molecule has 0 spiro atoms. The lowest BCUT2D eigenvalue weighted by Gasteiger charge is -2.14. The SMILES string of the molecule is O=C(COC(=O)CCN1C(=O)[C@H]2CC=CC[C@H]2C1=O)NCc1ccc(F)cc1. The zero-order valence-electron chi connectivity index (χ0n) is 15.2. The maximum Gasteiger partial charge on any atom is 0.308 e. The molecule has 1 saturated heterocycles. The molecule has 1 aromatic rings. The van der Waals surface area contributed by atoms with Gasteiger partial charge in [0.1, 0.15) is 5.82 Å². The number of halogens is 1. The number of hydrogen-bond donors (Lipinski definition) is 1. The van der Waals surface area contributed by atoms with E-state index in [0.29, 0.717) is 18.4 Å². The zero-order chi connectivity index (χ0) is 20.1. The molecular weight excluding hydrogens is 367 g/mol. The van der Waals surface area contributed by atoms with Crippen LogP contribution in [0.2, 0.25) is 0 Å². The number of benzene rings is 1. The maximum absolute atomic E-state index is 12.8. The van der Waals surface area contributed by atoms with E-state index in [0.717, 1.165) is 4.90 Å². The number of rotatable bonds is 7. The summed E-state index contributed by atoms with van der Waals surface area (Å²) in [5, 5.41) is 2.55. The minimum atomic E-state index is -0.662. The van der Waals surface area contributed by atoms with Crippen LogP contribution in [-0.2, 0) is 30.5 Å². The third kappa shape index (κ3) is 4.62. The zero-order valence-corrected chi connectivity index (χ0v) is 15.2. The lowest BCUT2D eigenvalue weighted by Crippen LogP contribution is -2.34. The van der Waals surface area contributed by atoms with Crippen molar-refractivity contribution in [2.24, 2.45) is 11.8 Å². The van der Waals surface area contributed by atoms with E-state index in [-0.39, 0.29) is 49.0 Å². The number of nitrogens with one attached hydrogen (secondary N) is 1. The van der Waals surface area contributed by atoms with Crippen molar-refractivity contribution < 1.29 is 28.3 Å². The first-order chi connectivity index (χ1) is 13.5. The Balaban J connectivity index is 1.37. The molecule has 1 aliphatic carbocycles. The number of carbonyl (C=O) groups excluding carboxylic acids is 4. The number of hydrogen-bond acceptors (Lipinski definition) is 5. The predicted octanol–water partition coefficient (Wildman–Crippen LogP) is 1.33. The predicted molar refractivity (Wildman–Crippen MR) is 95.9 cm³/mol. The summed E-state index contributed by atoms with van der Waals surface area (Å²) in [6.45, 7) is -0.317. The number of imide groups is 1. The Labute approximate surface area is 161 Å². The van der Waals surface area contributed by atoms with Crippen LogP contribution in [0, 0.1) is 17.7 Å². The van der Waals surface area contributed by atoms with E-state index in [1.807, 2.05) is 12.2 Å². The van der Waals surface area contributed by atoms with Crippen molar-refractivity contribution in [3.05, 3.63) is 47.8 Å². The minimum absolute atomic E-state index is 0.0410. The number of esters is 1. The van der Waals surface area contributed by atoms with E-state index in [1.165, 1.54) is 12.1 Å². The van der Waals surface area contributed by atoms with Gasteiger partial charge in [-0.2, -0.15) is 0 Å². The summed E-state index contributed by atoms with van der Waals surface area (Å²) in [6, 6.07) is 5.65. The van der Waals surface area contributed by atoms with E-state index in [4.69, 9.17) is 4.74 Å². The topological polar surface area (TPSA) is 92.8 Å². The summed E-state index contributed by atoms with van der Waals surface area (Å²) in [6.07, 6.45) is 4.73. The summed E-state index contributed by atoms with van der Waals surface area (Å²) in [4.78, 5) is 49.3. The molecular formula is C20H21FN2O5. The van der Waals surface area contributed by atoms with Crippen molar-refractivity contribution >= 4 is 23.7 Å². The molecule has 3 amide bonds. The fourth-order valence-electron chi connectivity index (χ4n) is 3.36. The molecule has 1 N–H and O–H groups in total. The third-order valence-corrected chi connectivity index (χ3v) is 4.91. The van der Waals surface area contributed by atoms with Crippen molar-refractivity contribution in [1.82, 2.24) is 10.2 Å². The molecule has 28 heavy (non-hydrogen) atoms. The lowest BCUT2D eigenvalue weighted by molar-refractivity contribution is -0.150. The number of allylic oxidation sites excluding steroid dienone is 2. The third-order valence-electron chi connectivity index (χ3n) is 4.91. The molecule has 1 aromatic carbocycles. The first kappa shape index (κ1) is 19.7. The molecule has 1 fully saturated rings. The standard InChI is InChI=1S/C20H21FN2O5/c21-14-7-5-13(6-8-14)11-22-17(24)12-28-18(25)9-10-23-19(26)15-3-1-2-4-16(15)20(23)27/h1-2,5-8,15-16H,3-4,9-12H2,(H,22,24)/t15-,16+. The van der Waals surface area contributed by atoms with Crippen molar-refractivity contribution in [1.29, 1.82) is 0 Å². The highest BCUT2D eigenvalue weighted by molar-refractivity contribution is 6.05. The maximum atomic E-state index is 12.8. The van der Waals surface area contributed by atoms with Crippen molar-refractivity contribution in [2.75, 3.05) is 13.2 Å². The summed E-state index contributed by atoms with van der Waals surface area (Å²) >= 11 is 0. The second-order valence-corrected chi connectivity index (χ2v) is 6.80. The van der Waals surface area contributed by atoms with Crippen LogP contribution in [0.5, 0.6) is 0 Å². The van der Waals surface area contributed by atoms with Crippen LogP contribution in [0.4, 0.5) is 4.39 Å². The van der Waals surface area contributed by atoms with Crippen molar-refractivity contribution in [2.45, 2.75) is 25.8 Å². The van der Waals surface area contributed by atoms with E-state index in [9.17, 15) is 23.6 Å². The number of nitrogens with zero attached hydrogens (tertiary/aromatic N) is 1. The number of likely N-dealkylation sites (tertiary alicyclic amines) is 1. The van der Waals surface area contributed by atoms with Gasteiger partial charge in [0.25, 0.3) is 5.91 Å². The monoisotopic (exact) mass is 388 g/mol. The average Bonchev–Trinajstić information content (AvgIpc) is 2.95. The number of amides is 3. The molecule has 2 aliphatic rings. The second-order valence-electron chi connectivity index (χ2n) is 6.80. The highest BCUT2D eigenvalue weighted by Gasteiger charge is 2.46. The Hall–Kier alpha value is -3.03. The Morgan fingerprint density at radius 2 is 1.68 bits per heavy atom. The quantitative estimate of drug-likeness (QED) is 0.432. The van der Waals surface area contributed by atoms with Crippen molar-refractivity contribution in [3.8, 4) is 0 Å². The van der Waals surface area contributed by atoms with Gasteiger partial charge < -0.3 is 10.1 Å². The van der Waals surface area contributed by atoms with Crippen LogP contribution in [0.15, 0.2) is 36.4 Å². The fraction of sp³-hybridized carbons (Fsp3) is 0.400. The molecule has 0 bridgehead atoms. The van der Waals surface area contributed by atoms with Crippen LogP contribution in [-0.4, -0.2) is 41.7 Å². The second kappa shape index (κ2) is 8.77. The van der Waals surface area contributed by atoms with Gasteiger partial charge in [0.05, 0.1) is 18.3 Å². The van der Waals surface area contributed by atoms with Gasteiger partial charge in [-0.25, -0.2) is 4.39 Å². The van der Waals surface area contributed by atoms with Crippen LogP contribution in [0.3, 0.4) is 0 Å². The number of ether oxygens (including phenoxy) is 1. The van der Waals surface area contributed by atoms with Gasteiger partial charge >= 0.3 is 5.97 Å². The van der Waals surface area contributed by atoms with Crippen LogP contribution >= 0.6 is 0 Å². The molecule has 148 valence electrons. The molecule has 1 heterocycles. The largest absolute Gasteiger partial charge is 0.456 e. The van der Waals surface area contributed by atoms with Gasteiger partial charge in [-0.3, -0.25) is 24.1 Å². The normalized spacial score (nSPS) is 20.8. The molecule has 7 nitrogen and oxygen atoms in total. The summed E-state index contributed by atoms with van der Waals surface area (Å²) in [7, 11) is 0. The Morgan fingerprint density at radius 3 is 2.29 bits per heavy atom. The van der Waals surface area contributed by atoms with Gasteiger partial charge in [-0.15, -0.1) is 0 Å². The molecule has 0 radical (unpaired) electrons. The van der Waals surface area contributed by atoms with Gasteiger partial charge in [-0.1, -0.05) is 24.3 Å². The summed E-state index contributed by atoms with van der Waals surface area (Å²) < 4.78 is 17.7. The van der Waals surface area contributed by atoms with Gasteiger partial charge in [0, 0.05) is 13.1 Å². The summed E-state index contributed by atoms with van der Waals surface area (Å²) in [5.74, 6) is -2.67. The van der Waals surface area contributed by atoms with E-state index < -0.39 is 18.5 Å². The molecule has 1 aliphatic heterocycles. The number of carbonyl (C=O) groups is 4. The van der Waals surface area contributed by atoms with Gasteiger partial charge in [-0.05, 0) is 30.5 Å². The Morgan fingerprint density at radius 1 is 1.07 bits per heavy atom. The Kier molecular flexibility index (Phi) is 6.18. The average molecular weight is 388 g/mol. The number of fused-ring (bicyclic) bond motifs is 1. The lowest BCUT2D eigenvalue weighted by atomic mass is 9.85. The van der Waals surface area contributed by atoms with Gasteiger partial charge in [0.15, 0.2) is 6.61 Å². The van der Waals surface area contributed by atoms with Crippen LogP contribution in [0.25, 0.3) is 0 Å². The fourth-order valence-corrected chi connectivity index (χ4v) is 3.36. The minimum Gasteiger partial charge on any atom is -0.456 e. The molecule has 3 rings (SSSR count).